The highest BCUT2D eigenvalue weighted by atomic mass is 19.1. The minimum atomic E-state index is -0.574. The zero-order valence-corrected chi connectivity index (χ0v) is 12.4. The van der Waals surface area contributed by atoms with E-state index in [4.69, 9.17) is 10.2 Å². The highest BCUT2D eigenvalue weighted by Gasteiger charge is 2.23. The molecule has 4 nitrogen and oxygen atoms in total. The van der Waals surface area contributed by atoms with Crippen molar-refractivity contribution in [3.8, 4) is 0 Å². The largest absolute Gasteiger partial charge is 0.464 e. The Morgan fingerprint density at radius 1 is 1.33 bits per heavy atom. The normalized spacial score (nSPS) is 10.9. The minimum Gasteiger partial charge on any atom is -0.464 e. The zero-order valence-electron chi connectivity index (χ0n) is 12.4. The summed E-state index contributed by atoms with van der Waals surface area (Å²) in [5.41, 5.74) is 5.98. The van der Waals surface area contributed by atoms with E-state index in [2.05, 4.69) is 0 Å². The van der Waals surface area contributed by atoms with Crippen LogP contribution in [0.25, 0.3) is 0 Å². The van der Waals surface area contributed by atoms with Crippen LogP contribution >= 0.6 is 0 Å². The molecule has 0 aliphatic rings. The molecule has 0 saturated carbocycles. The first-order valence-corrected chi connectivity index (χ1v) is 6.80. The molecule has 0 saturated heterocycles. The van der Waals surface area contributed by atoms with Gasteiger partial charge in [0.25, 0.3) is 5.91 Å². The summed E-state index contributed by atoms with van der Waals surface area (Å²) >= 11 is 0. The van der Waals surface area contributed by atoms with Gasteiger partial charge in [-0.2, -0.15) is 0 Å². The summed E-state index contributed by atoms with van der Waals surface area (Å²) in [6, 6.07) is 7.55. The second-order valence-corrected chi connectivity index (χ2v) is 5.28. The summed E-state index contributed by atoms with van der Waals surface area (Å²) in [7, 11) is 0. The molecule has 112 valence electrons. The summed E-state index contributed by atoms with van der Waals surface area (Å²) in [6.07, 6.45) is 0. The van der Waals surface area contributed by atoms with Crippen molar-refractivity contribution < 1.29 is 13.6 Å². The van der Waals surface area contributed by atoms with Crippen LogP contribution in [0.1, 0.15) is 35.7 Å². The highest BCUT2D eigenvalue weighted by molar-refractivity contribution is 5.95. The number of hydrogen-bond donors (Lipinski definition) is 1. The molecular formula is C16H19FN2O2. The van der Waals surface area contributed by atoms with Crippen molar-refractivity contribution >= 4 is 11.6 Å². The Labute approximate surface area is 123 Å². The van der Waals surface area contributed by atoms with Crippen LogP contribution in [-0.2, 0) is 6.54 Å². The predicted molar refractivity (Wildman–Crippen MR) is 79.3 cm³/mol. The van der Waals surface area contributed by atoms with Crippen LogP contribution in [0.15, 0.2) is 34.7 Å². The van der Waals surface area contributed by atoms with E-state index in [9.17, 15) is 9.18 Å². The quantitative estimate of drug-likeness (QED) is 0.878. The molecule has 1 aromatic heterocycles. The average Bonchev–Trinajstić information content (AvgIpc) is 2.83. The lowest BCUT2D eigenvalue weighted by molar-refractivity contribution is 0.0670. The number of amides is 1. The Morgan fingerprint density at radius 2 is 2.05 bits per heavy atom. The van der Waals surface area contributed by atoms with E-state index < -0.39 is 11.7 Å². The molecule has 1 amide bonds. The van der Waals surface area contributed by atoms with E-state index in [1.54, 1.807) is 4.90 Å². The van der Waals surface area contributed by atoms with E-state index in [1.807, 2.05) is 32.9 Å². The van der Waals surface area contributed by atoms with Gasteiger partial charge in [0.1, 0.15) is 17.3 Å². The van der Waals surface area contributed by atoms with Crippen LogP contribution in [-0.4, -0.2) is 16.8 Å². The molecule has 0 atom stereocenters. The summed E-state index contributed by atoms with van der Waals surface area (Å²) in [5.74, 6) is 0.467. The van der Waals surface area contributed by atoms with E-state index in [1.165, 1.54) is 18.2 Å². The number of hydrogen-bond acceptors (Lipinski definition) is 3. The number of halogens is 1. The predicted octanol–water partition coefficient (Wildman–Crippen LogP) is 3.36. The second-order valence-electron chi connectivity index (χ2n) is 5.28. The minimum absolute atomic E-state index is 0.0213. The van der Waals surface area contributed by atoms with Crippen molar-refractivity contribution in [2.75, 3.05) is 5.73 Å². The fraction of sp³-hybridized carbons (Fsp3) is 0.312. The van der Waals surface area contributed by atoms with E-state index >= 15 is 0 Å². The van der Waals surface area contributed by atoms with Crippen molar-refractivity contribution in [2.45, 2.75) is 33.4 Å². The summed E-state index contributed by atoms with van der Waals surface area (Å²) in [4.78, 5) is 14.1. The SMILES string of the molecule is Cc1ccc(CN(C(=O)c2cc(N)ccc2F)C(C)C)o1. The first kappa shape index (κ1) is 15.1. The number of nitrogen functional groups attached to an aromatic ring is 1. The maximum absolute atomic E-state index is 13.9. The van der Waals surface area contributed by atoms with Crippen LogP contribution in [0.4, 0.5) is 10.1 Å². The monoisotopic (exact) mass is 290 g/mol. The zero-order chi connectivity index (χ0) is 15.6. The van der Waals surface area contributed by atoms with Crippen LogP contribution < -0.4 is 5.73 Å². The second kappa shape index (κ2) is 5.99. The molecule has 21 heavy (non-hydrogen) atoms. The van der Waals surface area contributed by atoms with Gasteiger partial charge in [-0.25, -0.2) is 4.39 Å². The highest BCUT2D eigenvalue weighted by Crippen LogP contribution is 2.19. The third-order valence-electron chi connectivity index (χ3n) is 3.23. The fourth-order valence-electron chi connectivity index (χ4n) is 2.09. The Morgan fingerprint density at radius 3 is 2.62 bits per heavy atom. The van der Waals surface area contributed by atoms with E-state index in [0.717, 1.165) is 5.76 Å². The molecule has 0 aliphatic carbocycles. The number of carbonyl (C=O) groups is 1. The molecule has 0 fully saturated rings. The molecule has 1 aromatic carbocycles. The van der Waals surface area contributed by atoms with Crippen molar-refractivity contribution in [3.63, 3.8) is 0 Å². The molecular weight excluding hydrogens is 271 g/mol. The number of carbonyl (C=O) groups excluding carboxylic acids is 1. The van der Waals surface area contributed by atoms with Crippen LogP contribution in [0.2, 0.25) is 0 Å². The maximum Gasteiger partial charge on any atom is 0.257 e. The lowest BCUT2D eigenvalue weighted by Gasteiger charge is -2.26. The Balaban J connectivity index is 2.29. The number of furan rings is 1. The van der Waals surface area contributed by atoms with Crippen LogP contribution in [0.3, 0.4) is 0 Å². The summed E-state index contributed by atoms with van der Waals surface area (Å²) in [5, 5.41) is 0. The molecule has 2 aromatic rings. The maximum atomic E-state index is 13.9. The van der Waals surface area contributed by atoms with Gasteiger partial charge in [-0.15, -0.1) is 0 Å². The van der Waals surface area contributed by atoms with Gasteiger partial charge < -0.3 is 15.1 Å². The smallest absolute Gasteiger partial charge is 0.257 e. The van der Waals surface area contributed by atoms with Gasteiger partial charge in [-0.1, -0.05) is 0 Å². The van der Waals surface area contributed by atoms with Crippen molar-refractivity contribution in [1.82, 2.24) is 4.90 Å². The van der Waals surface area contributed by atoms with Gasteiger partial charge in [0.15, 0.2) is 0 Å². The molecule has 0 radical (unpaired) electrons. The molecule has 2 rings (SSSR count). The van der Waals surface area contributed by atoms with E-state index in [-0.39, 0.29) is 11.6 Å². The number of rotatable bonds is 4. The van der Waals surface area contributed by atoms with Crippen molar-refractivity contribution in [3.05, 3.63) is 53.2 Å². The van der Waals surface area contributed by atoms with Gasteiger partial charge in [0.05, 0.1) is 12.1 Å². The number of aryl methyl sites for hydroxylation is 1. The van der Waals surface area contributed by atoms with Gasteiger partial charge in [0, 0.05) is 11.7 Å². The first-order chi connectivity index (χ1) is 9.88. The number of nitrogens with zero attached hydrogens (tertiary/aromatic N) is 1. The molecule has 0 spiro atoms. The molecule has 0 aliphatic heterocycles. The Kier molecular flexibility index (Phi) is 4.31. The molecule has 1 heterocycles. The lowest BCUT2D eigenvalue weighted by Crippen LogP contribution is -2.36. The lowest BCUT2D eigenvalue weighted by atomic mass is 10.1. The number of benzene rings is 1. The third-order valence-corrected chi connectivity index (χ3v) is 3.23. The van der Waals surface area contributed by atoms with Crippen molar-refractivity contribution in [2.24, 2.45) is 0 Å². The fourth-order valence-corrected chi connectivity index (χ4v) is 2.09. The third kappa shape index (κ3) is 3.42. The van der Waals surface area contributed by atoms with Gasteiger partial charge in [-0.3, -0.25) is 4.79 Å². The topological polar surface area (TPSA) is 59.5 Å². The van der Waals surface area contributed by atoms with E-state index in [0.29, 0.717) is 18.0 Å². The Hall–Kier alpha value is -2.30. The summed E-state index contributed by atoms with van der Waals surface area (Å²) < 4.78 is 19.4. The number of anilines is 1. The molecule has 2 N–H and O–H groups in total. The van der Waals surface area contributed by atoms with Gasteiger partial charge in [-0.05, 0) is 51.1 Å². The Bertz CT molecular complexity index is 649. The van der Waals surface area contributed by atoms with Gasteiger partial charge >= 0.3 is 0 Å². The van der Waals surface area contributed by atoms with Gasteiger partial charge in [0.2, 0.25) is 0 Å². The summed E-state index contributed by atoms with van der Waals surface area (Å²) in [6.45, 7) is 5.87. The van der Waals surface area contributed by atoms with Crippen molar-refractivity contribution in [1.29, 1.82) is 0 Å². The number of nitrogens with two attached hydrogens (primary N) is 1. The molecule has 5 heteroatoms. The van der Waals surface area contributed by atoms with Crippen LogP contribution in [0, 0.1) is 12.7 Å². The standard InChI is InChI=1S/C16H19FN2O2/c1-10(2)19(9-13-6-4-11(3)21-13)16(20)14-8-12(18)5-7-15(14)17/h4-8,10H,9,18H2,1-3H3. The average molecular weight is 290 g/mol. The first-order valence-electron chi connectivity index (χ1n) is 6.80. The molecule has 0 unspecified atom stereocenters. The van der Waals surface area contributed by atoms with Crippen LogP contribution in [0.5, 0.6) is 0 Å². The molecule has 0 bridgehead atoms.